The molecule has 0 atom stereocenters. The highest BCUT2D eigenvalue weighted by atomic mass is 16.2. The number of hydrogen-bond acceptors (Lipinski definition) is 4. The summed E-state index contributed by atoms with van der Waals surface area (Å²) in [5.41, 5.74) is -0.340. The number of Topliss-reactive ketones (excluding diaryl/α,β-unsaturated/α-hetero) is 1. The second kappa shape index (κ2) is 3.29. The van der Waals surface area contributed by atoms with E-state index in [1.807, 2.05) is 0 Å². The van der Waals surface area contributed by atoms with Crippen LogP contribution in [0, 0.1) is 0 Å². The molecule has 1 heterocycles. The summed E-state index contributed by atoms with van der Waals surface area (Å²) in [4.78, 5) is 21.8. The van der Waals surface area contributed by atoms with E-state index >= 15 is 0 Å². The molecular formula is C6H10N4O2. The van der Waals surface area contributed by atoms with E-state index in [0.29, 0.717) is 6.54 Å². The van der Waals surface area contributed by atoms with Crippen LogP contribution in [0.5, 0.6) is 0 Å². The minimum absolute atomic E-state index is 0.00116. The molecule has 0 bridgehead atoms. The number of nitrogens with zero attached hydrogens (tertiary/aromatic N) is 4. The smallest absolute Gasteiger partial charge is 0.298 e. The predicted octanol–water partition coefficient (Wildman–Crippen LogP) is -0.951. The van der Waals surface area contributed by atoms with Crippen LogP contribution < -0.4 is 5.69 Å². The Labute approximate surface area is 68.8 Å². The number of aryl methyl sites for hydroxylation is 1. The third-order valence-corrected chi connectivity index (χ3v) is 1.37. The zero-order chi connectivity index (χ0) is 9.14. The molecule has 0 saturated heterocycles. The Morgan fingerprint density at radius 1 is 1.42 bits per heavy atom. The van der Waals surface area contributed by atoms with Gasteiger partial charge in [-0.3, -0.25) is 4.79 Å². The van der Waals surface area contributed by atoms with Crippen LogP contribution in [0.1, 0.15) is 13.8 Å². The molecule has 0 fully saturated rings. The zero-order valence-corrected chi connectivity index (χ0v) is 7.02. The lowest BCUT2D eigenvalue weighted by molar-refractivity contribution is -0.117. The molecule has 0 N–H and O–H groups in total. The van der Waals surface area contributed by atoms with Crippen molar-refractivity contribution < 1.29 is 4.79 Å². The number of hydrogen-bond donors (Lipinski definition) is 0. The molecule has 6 heteroatoms. The number of carbonyl (C=O) groups excluding carboxylic acids is 1. The molecule has 1 aromatic heterocycles. The molecule has 1 aromatic rings. The number of aromatic nitrogens is 4. The van der Waals surface area contributed by atoms with Gasteiger partial charge in [0, 0.05) is 6.54 Å². The topological polar surface area (TPSA) is 69.8 Å². The molecule has 0 aliphatic heterocycles. The Morgan fingerprint density at radius 3 is 2.42 bits per heavy atom. The summed E-state index contributed by atoms with van der Waals surface area (Å²) in [6, 6.07) is 0. The lowest BCUT2D eigenvalue weighted by Gasteiger charge is -1.90. The average Bonchev–Trinajstić information content (AvgIpc) is 2.32. The first-order chi connectivity index (χ1) is 5.65. The first-order valence-corrected chi connectivity index (χ1v) is 3.65. The van der Waals surface area contributed by atoms with Gasteiger partial charge in [-0.2, -0.15) is 9.36 Å². The van der Waals surface area contributed by atoms with Crippen molar-refractivity contribution in [2.75, 3.05) is 0 Å². The van der Waals surface area contributed by atoms with E-state index in [1.54, 1.807) is 6.92 Å². The van der Waals surface area contributed by atoms with Gasteiger partial charge in [0.25, 0.3) is 0 Å². The highest BCUT2D eigenvalue weighted by Crippen LogP contribution is 1.76. The van der Waals surface area contributed by atoms with E-state index in [-0.39, 0.29) is 18.0 Å². The average molecular weight is 170 g/mol. The second-order valence-corrected chi connectivity index (χ2v) is 2.44. The van der Waals surface area contributed by atoms with Crippen molar-refractivity contribution in [1.29, 1.82) is 0 Å². The Balaban J connectivity index is 2.95. The number of carbonyl (C=O) groups is 1. The maximum atomic E-state index is 11.2. The number of rotatable bonds is 3. The lowest BCUT2D eigenvalue weighted by atomic mass is 10.5. The van der Waals surface area contributed by atoms with Crippen molar-refractivity contribution in [2.24, 2.45) is 0 Å². The van der Waals surface area contributed by atoms with Gasteiger partial charge in [-0.05, 0) is 24.3 Å². The van der Waals surface area contributed by atoms with Crippen molar-refractivity contribution in [1.82, 2.24) is 19.8 Å². The van der Waals surface area contributed by atoms with Crippen molar-refractivity contribution in [3.8, 4) is 0 Å². The highest BCUT2D eigenvalue weighted by Gasteiger charge is 2.05. The number of tetrazole rings is 1. The minimum Gasteiger partial charge on any atom is -0.298 e. The fourth-order valence-electron chi connectivity index (χ4n) is 0.815. The normalized spacial score (nSPS) is 10.2. The van der Waals surface area contributed by atoms with Crippen molar-refractivity contribution in [3.05, 3.63) is 10.5 Å². The van der Waals surface area contributed by atoms with Gasteiger partial charge in [0.2, 0.25) is 0 Å². The van der Waals surface area contributed by atoms with Crippen molar-refractivity contribution in [2.45, 2.75) is 26.9 Å². The van der Waals surface area contributed by atoms with Gasteiger partial charge in [-0.15, -0.1) is 0 Å². The van der Waals surface area contributed by atoms with E-state index in [0.717, 1.165) is 4.68 Å². The molecule has 1 rings (SSSR count). The fourth-order valence-corrected chi connectivity index (χ4v) is 0.815. The largest absolute Gasteiger partial charge is 0.364 e. The zero-order valence-electron chi connectivity index (χ0n) is 7.02. The Morgan fingerprint density at radius 2 is 2.00 bits per heavy atom. The van der Waals surface area contributed by atoms with Crippen LogP contribution in [0.2, 0.25) is 0 Å². The monoisotopic (exact) mass is 170 g/mol. The molecule has 6 nitrogen and oxygen atoms in total. The molecule has 0 aromatic carbocycles. The van der Waals surface area contributed by atoms with Crippen LogP contribution in [0.25, 0.3) is 0 Å². The molecule has 12 heavy (non-hydrogen) atoms. The van der Waals surface area contributed by atoms with Gasteiger partial charge >= 0.3 is 5.69 Å². The van der Waals surface area contributed by atoms with Crippen LogP contribution >= 0.6 is 0 Å². The Bertz CT molecular complexity index is 338. The summed E-state index contributed by atoms with van der Waals surface area (Å²) in [7, 11) is 0. The van der Waals surface area contributed by atoms with Crippen LogP contribution in [0.3, 0.4) is 0 Å². The van der Waals surface area contributed by atoms with Gasteiger partial charge in [0.05, 0.1) is 0 Å². The first-order valence-electron chi connectivity index (χ1n) is 3.65. The van der Waals surface area contributed by atoms with Crippen LogP contribution in [-0.4, -0.2) is 25.6 Å². The Hall–Kier alpha value is -1.46. The third-order valence-electron chi connectivity index (χ3n) is 1.37. The van der Waals surface area contributed by atoms with E-state index < -0.39 is 0 Å². The second-order valence-electron chi connectivity index (χ2n) is 2.44. The third kappa shape index (κ3) is 1.58. The lowest BCUT2D eigenvalue weighted by Crippen LogP contribution is -2.26. The van der Waals surface area contributed by atoms with Gasteiger partial charge in [-0.1, -0.05) is 0 Å². The summed E-state index contributed by atoms with van der Waals surface area (Å²) >= 11 is 0. The summed E-state index contributed by atoms with van der Waals surface area (Å²) < 4.78 is 2.24. The molecule has 66 valence electrons. The van der Waals surface area contributed by atoms with Gasteiger partial charge in [-0.25, -0.2) is 4.79 Å². The summed E-state index contributed by atoms with van der Waals surface area (Å²) in [6.45, 7) is 3.65. The molecule has 0 radical (unpaired) electrons. The fraction of sp³-hybridized carbons (Fsp3) is 0.667. The molecule has 0 aliphatic rings. The maximum Gasteiger partial charge on any atom is 0.364 e. The van der Waals surface area contributed by atoms with E-state index in [2.05, 4.69) is 10.4 Å². The summed E-state index contributed by atoms with van der Waals surface area (Å²) in [5.74, 6) is -0.111. The van der Waals surface area contributed by atoms with Crippen molar-refractivity contribution >= 4 is 5.78 Å². The summed E-state index contributed by atoms with van der Waals surface area (Å²) in [6.07, 6.45) is 0. The minimum atomic E-state index is -0.340. The first kappa shape index (κ1) is 8.63. The molecule has 0 amide bonds. The number of ketones is 1. The molecule has 0 unspecified atom stereocenters. The van der Waals surface area contributed by atoms with Crippen LogP contribution in [-0.2, 0) is 17.9 Å². The van der Waals surface area contributed by atoms with E-state index in [1.165, 1.54) is 11.6 Å². The Kier molecular flexibility index (Phi) is 2.37. The van der Waals surface area contributed by atoms with E-state index in [9.17, 15) is 9.59 Å². The van der Waals surface area contributed by atoms with Gasteiger partial charge in [0.1, 0.15) is 6.54 Å². The molecular weight excluding hydrogens is 160 g/mol. The van der Waals surface area contributed by atoms with Crippen molar-refractivity contribution in [3.63, 3.8) is 0 Å². The van der Waals surface area contributed by atoms with Crippen LogP contribution in [0.15, 0.2) is 4.79 Å². The maximum absolute atomic E-state index is 11.2. The van der Waals surface area contributed by atoms with Crippen LogP contribution in [0.4, 0.5) is 0 Å². The molecule has 0 aliphatic carbocycles. The predicted molar refractivity (Wildman–Crippen MR) is 40.6 cm³/mol. The highest BCUT2D eigenvalue weighted by molar-refractivity contribution is 5.75. The van der Waals surface area contributed by atoms with Gasteiger partial charge < -0.3 is 0 Å². The quantitative estimate of drug-likeness (QED) is 0.586. The van der Waals surface area contributed by atoms with Gasteiger partial charge in [0.15, 0.2) is 5.78 Å². The summed E-state index contributed by atoms with van der Waals surface area (Å²) in [5, 5.41) is 7.08. The van der Waals surface area contributed by atoms with E-state index in [4.69, 9.17) is 0 Å². The molecule has 0 saturated carbocycles. The SMILES string of the molecule is CCn1nnn(CC(C)=O)c1=O. The standard InChI is InChI=1S/C6H10N4O2/c1-3-9-6(12)10(8-7-9)4-5(2)11/h3-4H2,1-2H3. The molecule has 0 spiro atoms.